The predicted molar refractivity (Wildman–Crippen MR) is 137 cm³/mol. The topological polar surface area (TPSA) is 86.8 Å². The Kier molecular flexibility index (Phi) is 9.53. The third kappa shape index (κ3) is 7.74. The first-order valence-electron chi connectivity index (χ1n) is 11.2. The van der Waals surface area contributed by atoms with E-state index in [4.69, 9.17) is 11.6 Å². The highest BCUT2D eigenvalue weighted by atomic mass is 35.5. The van der Waals surface area contributed by atoms with Crippen LogP contribution in [-0.4, -0.2) is 50.5 Å². The highest BCUT2D eigenvalue weighted by Crippen LogP contribution is 2.24. The fourth-order valence-electron chi connectivity index (χ4n) is 3.55. The summed E-state index contributed by atoms with van der Waals surface area (Å²) < 4.78 is 26.4. The second kappa shape index (κ2) is 11.7. The summed E-state index contributed by atoms with van der Waals surface area (Å²) in [5.74, 6) is -0.544. The minimum absolute atomic E-state index is 0.111. The lowest BCUT2D eigenvalue weighted by molar-refractivity contribution is -0.139. The molecule has 2 aromatic rings. The molecule has 1 N–H and O–H groups in total. The van der Waals surface area contributed by atoms with E-state index in [1.54, 1.807) is 44.2 Å². The van der Waals surface area contributed by atoms with Gasteiger partial charge in [0.05, 0.1) is 11.9 Å². The molecule has 2 rings (SSSR count). The smallest absolute Gasteiger partial charge is 0.244 e. The molecule has 0 aliphatic carbocycles. The molecule has 0 aliphatic rings. The highest BCUT2D eigenvalue weighted by molar-refractivity contribution is 7.92. The van der Waals surface area contributed by atoms with Gasteiger partial charge >= 0.3 is 0 Å². The Labute approximate surface area is 208 Å². The Hall–Kier alpha value is -2.58. The van der Waals surface area contributed by atoms with E-state index >= 15 is 0 Å². The lowest BCUT2D eigenvalue weighted by Crippen LogP contribution is -2.51. The van der Waals surface area contributed by atoms with E-state index in [1.807, 2.05) is 32.9 Å². The number of halogens is 1. The molecule has 0 saturated carbocycles. The van der Waals surface area contributed by atoms with Gasteiger partial charge in [0, 0.05) is 18.1 Å². The molecule has 0 aromatic heterocycles. The van der Waals surface area contributed by atoms with Crippen LogP contribution in [0.5, 0.6) is 0 Å². The van der Waals surface area contributed by atoms with Crippen molar-refractivity contribution < 1.29 is 18.0 Å². The van der Waals surface area contributed by atoms with E-state index in [9.17, 15) is 18.0 Å². The molecule has 186 valence electrons. The van der Waals surface area contributed by atoms with Crippen molar-refractivity contribution in [3.05, 3.63) is 64.2 Å². The number of hydrogen-bond acceptors (Lipinski definition) is 4. The maximum absolute atomic E-state index is 13.5. The Morgan fingerprint density at radius 3 is 2.29 bits per heavy atom. The Morgan fingerprint density at radius 1 is 1.06 bits per heavy atom. The number of sulfonamides is 1. The Balaban J connectivity index is 2.40. The molecule has 9 heteroatoms. The molecular formula is C25H34ClN3O4S. The number of rotatable bonds is 10. The maximum Gasteiger partial charge on any atom is 0.244 e. The molecule has 0 aliphatic heterocycles. The van der Waals surface area contributed by atoms with Crippen LogP contribution in [0.2, 0.25) is 5.02 Å². The molecule has 0 spiro atoms. The van der Waals surface area contributed by atoms with E-state index in [-0.39, 0.29) is 18.4 Å². The fourth-order valence-corrected chi connectivity index (χ4v) is 4.67. The molecule has 0 fully saturated rings. The van der Waals surface area contributed by atoms with Gasteiger partial charge in [-0.25, -0.2) is 8.42 Å². The van der Waals surface area contributed by atoms with Crippen molar-refractivity contribution in [2.24, 2.45) is 5.92 Å². The van der Waals surface area contributed by atoms with Crippen LogP contribution < -0.4 is 9.62 Å². The molecule has 0 bridgehead atoms. The zero-order valence-electron chi connectivity index (χ0n) is 20.6. The summed E-state index contributed by atoms with van der Waals surface area (Å²) in [6.07, 6.45) is 1.07. The number of amides is 2. The maximum atomic E-state index is 13.5. The summed E-state index contributed by atoms with van der Waals surface area (Å²) in [6, 6.07) is 11.6. The van der Waals surface area contributed by atoms with Gasteiger partial charge in [0.1, 0.15) is 12.6 Å². The summed E-state index contributed by atoms with van der Waals surface area (Å²) in [6.45, 7) is 9.47. The summed E-state index contributed by atoms with van der Waals surface area (Å²) in [4.78, 5) is 27.8. The number of carbonyl (C=O) groups is 2. The van der Waals surface area contributed by atoms with Crippen LogP contribution >= 0.6 is 11.6 Å². The summed E-state index contributed by atoms with van der Waals surface area (Å²) >= 11 is 6.12. The highest BCUT2D eigenvalue weighted by Gasteiger charge is 2.30. The molecule has 1 unspecified atom stereocenters. The summed E-state index contributed by atoms with van der Waals surface area (Å²) in [5, 5.41) is 3.36. The first-order chi connectivity index (χ1) is 15.8. The Bertz CT molecular complexity index is 1130. The first-order valence-corrected chi connectivity index (χ1v) is 13.4. The van der Waals surface area contributed by atoms with Crippen LogP contribution in [0.15, 0.2) is 42.5 Å². The molecule has 2 aromatic carbocycles. The van der Waals surface area contributed by atoms with Gasteiger partial charge in [-0.3, -0.25) is 13.9 Å². The van der Waals surface area contributed by atoms with Crippen molar-refractivity contribution in [1.29, 1.82) is 0 Å². The molecule has 0 saturated heterocycles. The van der Waals surface area contributed by atoms with Gasteiger partial charge < -0.3 is 10.2 Å². The average Bonchev–Trinajstić information content (AvgIpc) is 2.73. The molecular weight excluding hydrogens is 474 g/mol. The van der Waals surface area contributed by atoms with E-state index in [0.29, 0.717) is 17.3 Å². The second-order valence-corrected chi connectivity index (χ2v) is 11.4. The van der Waals surface area contributed by atoms with Crippen molar-refractivity contribution in [3.63, 3.8) is 0 Å². The molecule has 34 heavy (non-hydrogen) atoms. The number of carbonyl (C=O) groups excluding carboxylic acids is 2. The first kappa shape index (κ1) is 27.7. The van der Waals surface area contributed by atoms with Crippen molar-refractivity contribution in [3.8, 4) is 0 Å². The number of anilines is 1. The molecule has 1 atom stereocenters. The molecule has 7 nitrogen and oxygen atoms in total. The zero-order chi connectivity index (χ0) is 25.6. The predicted octanol–water partition coefficient (Wildman–Crippen LogP) is 3.91. The van der Waals surface area contributed by atoms with Gasteiger partial charge in [0.2, 0.25) is 21.8 Å². The normalized spacial score (nSPS) is 12.4. The molecule has 0 radical (unpaired) electrons. The fraction of sp³-hybridized carbons (Fsp3) is 0.440. The van der Waals surface area contributed by atoms with E-state index < -0.39 is 28.5 Å². The van der Waals surface area contributed by atoms with Crippen molar-refractivity contribution in [2.45, 2.75) is 47.2 Å². The summed E-state index contributed by atoms with van der Waals surface area (Å²) in [5.41, 5.74) is 2.89. The second-order valence-electron chi connectivity index (χ2n) is 9.03. The standard InChI is InChI=1S/C25H34ClN3O4S/c1-17(2)14-27-25(31)20(5)28(15-21-8-7-9-22(26)13-21)24(30)16-29(34(6,32)33)23-11-10-18(3)12-19(23)4/h7-13,17,20H,14-16H2,1-6H3,(H,27,31). The lowest BCUT2D eigenvalue weighted by Gasteiger charge is -2.32. The van der Waals surface area contributed by atoms with Gasteiger partial charge in [-0.05, 0) is 56.0 Å². The van der Waals surface area contributed by atoms with E-state index in [1.165, 1.54) is 4.90 Å². The largest absolute Gasteiger partial charge is 0.354 e. The van der Waals surface area contributed by atoms with Gasteiger partial charge in [-0.15, -0.1) is 0 Å². The zero-order valence-corrected chi connectivity index (χ0v) is 22.2. The van der Waals surface area contributed by atoms with Crippen LogP contribution in [0.1, 0.15) is 37.5 Å². The molecule has 0 heterocycles. The number of hydrogen-bond donors (Lipinski definition) is 1. The average molecular weight is 508 g/mol. The van der Waals surface area contributed by atoms with E-state index in [2.05, 4.69) is 5.32 Å². The number of nitrogens with one attached hydrogen (secondary N) is 1. The van der Waals surface area contributed by atoms with Crippen LogP contribution in [0.3, 0.4) is 0 Å². The number of aryl methyl sites for hydroxylation is 2. The third-order valence-electron chi connectivity index (χ3n) is 5.39. The van der Waals surface area contributed by atoms with Crippen LogP contribution in [0, 0.1) is 19.8 Å². The van der Waals surface area contributed by atoms with Crippen molar-refractivity contribution in [1.82, 2.24) is 10.2 Å². The van der Waals surface area contributed by atoms with Gasteiger partial charge in [0.15, 0.2) is 0 Å². The third-order valence-corrected chi connectivity index (χ3v) is 6.76. The monoisotopic (exact) mass is 507 g/mol. The van der Waals surface area contributed by atoms with Crippen molar-refractivity contribution >= 4 is 39.1 Å². The number of benzene rings is 2. The molecule has 2 amide bonds. The van der Waals surface area contributed by atoms with Crippen LogP contribution in [0.4, 0.5) is 5.69 Å². The lowest BCUT2D eigenvalue weighted by atomic mass is 10.1. The number of nitrogens with zero attached hydrogens (tertiary/aromatic N) is 2. The minimum atomic E-state index is -3.76. The van der Waals surface area contributed by atoms with Gasteiger partial charge in [-0.1, -0.05) is 55.3 Å². The van der Waals surface area contributed by atoms with Crippen LogP contribution in [-0.2, 0) is 26.2 Å². The van der Waals surface area contributed by atoms with Crippen molar-refractivity contribution in [2.75, 3.05) is 23.7 Å². The van der Waals surface area contributed by atoms with Crippen LogP contribution in [0.25, 0.3) is 0 Å². The Morgan fingerprint density at radius 2 is 1.74 bits per heavy atom. The quantitative estimate of drug-likeness (QED) is 0.528. The van der Waals surface area contributed by atoms with Gasteiger partial charge in [-0.2, -0.15) is 0 Å². The van der Waals surface area contributed by atoms with E-state index in [0.717, 1.165) is 27.3 Å². The summed E-state index contributed by atoms with van der Waals surface area (Å²) in [7, 11) is -3.76. The SMILES string of the molecule is Cc1ccc(N(CC(=O)N(Cc2cccc(Cl)c2)C(C)C(=O)NCC(C)C)S(C)(=O)=O)c(C)c1. The van der Waals surface area contributed by atoms with Gasteiger partial charge in [0.25, 0.3) is 0 Å². The minimum Gasteiger partial charge on any atom is -0.354 e.